The van der Waals surface area contributed by atoms with Crippen LogP contribution in [0.25, 0.3) is 0 Å². The second-order valence-corrected chi connectivity index (χ2v) is 5.71. The van der Waals surface area contributed by atoms with E-state index in [9.17, 15) is 0 Å². The predicted molar refractivity (Wildman–Crippen MR) is 84.9 cm³/mol. The summed E-state index contributed by atoms with van der Waals surface area (Å²) >= 11 is 0. The fourth-order valence-corrected chi connectivity index (χ4v) is 2.69. The van der Waals surface area contributed by atoms with Crippen molar-refractivity contribution < 1.29 is 9.26 Å². The summed E-state index contributed by atoms with van der Waals surface area (Å²) < 4.78 is 11.0. The summed E-state index contributed by atoms with van der Waals surface area (Å²) in [4.78, 5) is 4.86. The van der Waals surface area contributed by atoms with Gasteiger partial charge in [-0.15, -0.1) is 0 Å². The quantitative estimate of drug-likeness (QED) is 0.818. The minimum absolute atomic E-state index is 0.741. The third-order valence-corrected chi connectivity index (χ3v) is 3.94. The lowest BCUT2D eigenvalue weighted by Crippen LogP contribution is -2.46. The predicted octanol–water partition coefficient (Wildman–Crippen LogP) is 2.18. The first-order valence-electron chi connectivity index (χ1n) is 7.84. The van der Waals surface area contributed by atoms with E-state index in [0.717, 1.165) is 63.1 Å². The number of ether oxygens (including phenoxy) is 1. The molecule has 0 amide bonds. The van der Waals surface area contributed by atoms with Crippen LogP contribution in [-0.4, -0.2) is 54.3 Å². The van der Waals surface area contributed by atoms with E-state index in [0.29, 0.717) is 0 Å². The SMILES string of the molecule is Cc1cc(CN2CCN(CCOc3ccccc3)CC2)on1. The maximum Gasteiger partial charge on any atom is 0.150 e. The normalized spacial score (nSPS) is 16.8. The highest BCUT2D eigenvalue weighted by molar-refractivity contribution is 5.20. The summed E-state index contributed by atoms with van der Waals surface area (Å²) in [5, 5.41) is 3.94. The molecule has 5 nitrogen and oxygen atoms in total. The van der Waals surface area contributed by atoms with E-state index in [1.54, 1.807) is 0 Å². The molecule has 0 unspecified atom stereocenters. The first-order valence-corrected chi connectivity index (χ1v) is 7.84. The maximum absolute atomic E-state index is 5.76. The zero-order chi connectivity index (χ0) is 15.2. The Morgan fingerprint density at radius 1 is 1.09 bits per heavy atom. The van der Waals surface area contributed by atoms with Gasteiger partial charge in [0.15, 0.2) is 5.76 Å². The van der Waals surface area contributed by atoms with E-state index < -0.39 is 0 Å². The molecular weight excluding hydrogens is 278 g/mol. The Balaban J connectivity index is 1.35. The van der Waals surface area contributed by atoms with Gasteiger partial charge in [-0.1, -0.05) is 23.4 Å². The van der Waals surface area contributed by atoms with E-state index in [1.165, 1.54) is 0 Å². The number of aromatic nitrogens is 1. The number of piperazine rings is 1. The Hall–Kier alpha value is -1.85. The molecule has 1 aliphatic rings. The number of hydrogen-bond acceptors (Lipinski definition) is 5. The van der Waals surface area contributed by atoms with Crippen molar-refractivity contribution in [1.29, 1.82) is 0 Å². The van der Waals surface area contributed by atoms with Crippen molar-refractivity contribution >= 4 is 0 Å². The lowest BCUT2D eigenvalue weighted by atomic mass is 10.3. The third-order valence-electron chi connectivity index (χ3n) is 3.94. The molecule has 0 radical (unpaired) electrons. The van der Waals surface area contributed by atoms with Crippen LogP contribution in [0.5, 0.6) is 5.75 Å². The van der Waals surface area contributed by atoms with Crippen LogP contribution in [-0.2, 0) is 6.54 Å². The molecule has 0 spiro atoms. The van der Waals surface area contributed by atoms with Crippen molar-refractivity contribution in [3.8, 4) is 5.75 Å². The Morgan fingerprint density at radius 3 is 2.50 bits per heavy atom. The van der Waals surface area contributed by atoms with Crippen molar-refractivity contribution in [2.45, 2.75) is 13.5 Å². The second kappa shape index (κ2) is 7.42. The van der Waals surface area contributed by atoms with E-state index in [-0.39, 0.29) is 0 Å². The summed E-state index contributed by atoms with van der Waals surface area (Å²) in [6, 6.07) is 12.0. The highest BCUT2D eigenvalue weighted by Gasteiger charge is 2.18. The lowest BCUT2D eigenvalue weighted by molar-refractivity contribution is 0.106. The Kier molecular flexibility index (Phi) is 5.08. The fourth-order valence-electron chi connectivity index (χ4n) is 2.69. The van der Waals surface area contributed by atoms with Gasteiger partial charge in [-0.05, 0) is 19.1 Å². The van der Waals surface area contributed by atoms with Crippen molar-refractivity contribution in [3.05, 3.63) is 47.9 Å². The molecule has 2 heterocycles. The first kappa shape index (κ1) is 15.1. The largest absolute Gasteiger partial charge is 0.492 e. The van der Waals surface area contributed by atoms with Gasteiger partial charge in [0.25, 0.3) is 0 Å². The average Bonchev–Trinajstić information content (AvgIpc) is 2.95. The minimum Gasteiger partial charge on any atom is -0.492 e. The summed E-state index contributed by atoms with van der Waals surface area (Å²) in [6.45, 7) is 8.80. The van der Waals surface area contributed by atoms with Crippen molar-refractivity contribution in [2.75, 3.05) is 39.3 Å². The van der Waals surface area contributed by atoms with Crippen molar-refractivity contribution in [1.82, 2.24) is 15.0 Å². The summed E-state index contributed by atoms with van der Waals surface area (Å²) in [7, 11) is 0. The number of benzene rings is 1. The van der Waals surface area contributed by atoms with Gasteiger partial charge in [0, 0.05) is 38.8 Å². The van der Waals surface area contributed by atoms with Crippen LogP contribution < -0.4 is 4.74 Å². The van der Waals surface area contributed by atoms with Crippen LogP contribution in [0, 0.1) is 6.92 Å². The van der Waals surface area contributed by atoms with Gasteiger partial charge in [0.1, 0.15) is 12.4 Å². The zero-order valence-electron chi connectivity index (χ0n) is 13.1. The minimum atomic E-state index is 0.741. The van der Waals surface area contributed by atoms with Crippen LogP contribution >= 0.6 is 0 Å². The summed E-state index contributed by atoms with van der Waals surface area (Å²) in [6.07, 6.45) is 0. The molecule has 1 aromatic heterocycles. The monoisotopic (exact) mass is 301 g/mol. The molecule has 0 saturated carbocycles. The molecule has 5 heteroatoms. The zero-order valence-corrected chi connectivity index (χ0v) is 13.1. The molecule has 0 N–H and O–H groups in total. The van der Waals surface area contributed by atoms with E-state index in [2.05, 4.69) is 15.0 Å². The molecular formula is C17H23N3O2. The molecule has 0 atom stereocenters. The van der Waals surface area contributed by atoms with Gasteiger partial charge in [-0.2, -0.15) is 0 Å². The molecule has 0 aliphatic carbocycles. The standard InChI is InChI=1S/C17H23N3O2/c1-15-13-17(22-18-15)14-20-9-7-19(8-10-20)11-12-21-16-5-3-2-4-6-16/h2-6,13H,7-12,14H2,1H3. The molecule has 1 aromatic carbocycles. The molecule has 1 fully saturated rings. The smallest absolute Gasteiger partial charge is 0.150 e. The summed E-state index contributed by atoms with van der Waals surface area (Å²) in [5.41, 5.74) is 0.951. The lowest BCUT2D eigenvalue weighted by Gasteiger charge is -2.33. The topological polar surface area (TPSA) is 41.7 Å². The van der Waals surface area contributed by atoms with Crippen molar-refractivity contribution in [3.63, 3.8) is 0 Å². The van der Waals surface area contributed by atoms with E-state index >= 15 is 0 Å². The Labute approximate surface area is 131 Å². The maximum atomic E-state index is 5.76. The van der Waals surface area contributed by atoms with Crippen LogP contribution in [0.2, 0.25) is 0 Å². The number of aryl methyl sites for hydroxylation is 1. The van der Waals surface area contributed by atoms with Crippen LogP contribution in [0.1, 0.15) is 11.5 Å². The van der Waals surface area contributed by atoms with Gasteiger partial charge in [-0.3, -0.25) is 9.80 Å². The Bertz CT molecular complexity index is 562. The number of para-hydroxylation sites is 1. The molecule has 22 heavy (non-hydrogen) atoms. The highest BCUT2D eigenvalue weighted by Crippen LogP contribution is 2.11. The number of hydrogen-bond donors (Lipinski definition) is 0. The average molecular weight is 301 g/mol. The van der Waals surface area contributed by atoms with Crippen LogP contribution in [0.15, 0.2) is 40.9 Å². The molecule has 3 rings (SSSR count). The first-order chi connectivity index (χ1) is 10.8. The van der Waals surface area contributed by atoms with Crippen LogP contribution in [0.3, 0.4) is 0 Å². The fraction of sp³-hybridized carbons (Fsp3) is 0.471. The van der Waals surface area contributed by atoms with Gasteiger partial charge < -0.3 is 9.26 Å². The highest BCUT2D eigenvalue weighted by atomic mass is 16.5. The Morgan fingerprint density at radius 2 is 1.82 bits per heavy atom. The number of nitrogens with zero attached hydrogens (tertiary/aromatic N) is 3. The van der Waals surface area contributed by atoms with Crippen molar-refractivity contribution in [2.24, 2.45) is 0 Å². The molecule has 1 aliphatic heterocycles. The molecule has 2 aromatic rings. The summed E-state index contributed by atoms with van der Waals surface area (Å²) in [5.74, 6) is 1.90. The third kappa shape index (κ3) is 4.32. The van der Waals surface area contributed by atoms with Gasteiger partial charge in [0.2, 0.25) is 0 Å². The molecule has 0 bridgehead atoms. The van der Waals surface area contributed by atoms with Gasteiger partial charge >= 0.3 is 0 Å². The van der Waals surface area contributed by atoms with E-state index in [1.807, 2.05) is 43.3 Å². The number of rotatable bonds is 6. The molecule has 1 saturated heterocycles. The van der Waals surface area contributed by atoms with Gasteiger partial charge in [0.05, 0.1) is 12.2 Å². The van der Waals surface area contributed by atoms with Gasteiger partial charge in [-0.25, -0.2) is 0 Å². The molecule has 118 valence electrons. The van der Waals surface area contributed by atoms with Crippen LogP contribution in [0.4, 0.5) is 0 Å². The second-order valence-electron chi connectivity index (χ2n) is 5.71. The van der Waals surface area contributed by atoms with E-state index in [4.69, 9.17) is 9.26 Å².